The van der Waals surface area contributed by atoms with Crippen LogP contribution in [-0.4, -0.2) is 25.4 Å². The van der Waals surface area contributed by atoms with Gasteiger partial charge in [0.2, 0.25) is 11.8 Å². The van der Waals surface area contributed by atoms with Gasteiger partial charge in [-0.3, -0.25) is 9.78 Å². The third kappa shape index (κ3) is 4.66. The van der Waals surface area contributed by atoms with Gasteiger partial charge >= 0.3 is 0 Å². The third-order valence-electron chi connectivity index (χ3n) is 3.94. The number of rotatable bonds is 7. The molecule has 1 atom stereocenters. The molecule has 0 radical (unpaired) electrons. The van der Waals surface area contributed by atoms with Crippen molar-refractivity contribution >= 4 is 5.91 Å². The third-order valence-corrected chi connectivity index (χ3v) is 3.94. The van der Waals surface area contributed by atoms with E-state index < -0.39 is 0 Å². The standard InChI is InChI=1S/C19H21N5O2/c1-14-5-6-17(12-22-14)26-19-16(4-3-7-21-19)11-23-18(25)10-15(2)24-9-8-20-13-24/h3-9,12-13,15H,10-11H2,1-2H3,(H,23,25). The molecule has 0 aliphatic rings. The lowest BCUT2D eigenvalue weighted by Crippen LogP contribution is -2.25. The molecule has 7 heteroatoms. The number of amides is 1. The highest BCUT2D eigenvalue weighted by molar-refractivity contribution is 5.76. The minimum absolute atomic E-state index is 0.0424. The van der Waals surface area contributed by atoms with Crippen LogP contribution in [0.15, 0.2) is 55.4 Å². The summed E-state index contributed by atoms with van der Waals surface area (Å²) in [4.78, 5) is 24.7. The van der Waals surface area contributed by atoms with Crippen LogP contribution in [0, 0.1) is 6.92 Å². The molecule has 1 amide bonds. The fourth-order valence-electron chi connectivity index (χ4n) is 2.45. The Morgan fingerprint density at radius 1 is 1.27 bits per heavy atom. The number of carbonyl (C=O) groups excluding carboxylic acids is 1. The normalized spacial score (nSPS) is 11.8. The van der Waals surface area contributed by atoms with Crippen molar-refractivity contribution in [3.63, 3.8) is 0 Å². The minimum atomic E-state index is -0.0435. The van der Waals surface area contributed by atoms with Gasteiger partial charge in [-0.25, -0.2) is 9.97 Å². The molecule has 1 N–H and O–H groups in total. The molecule has 0 fully saturated rings. The number of aryl methyl sites for hydroxylation is 1. The molecular weight excluding hydrogens is 330 g/mol. The van der Waals surface area contributed by atoms with Crippen molar-refractivity contribution in [3.05, 3.63) is 66.6 Å². The van der Waals surface area contributed by atoms with E-state index in [-0.39, 0.29) is 11.9 Å². The fourth-order valence-corrected chi connectivity index (χ4v) is 2.45. The van der Waals surface area contributed by atoms with E-state index in [0.29, 0.717) is 24.6 Å². The van der Waals surface area contributed by atoms with Crippen LogP contribution < -0.4 is 10.1 Å². The number of carbonyl (C=O) groups is 1. The summed E-state index contributed by atoms with van der Waals surface area (Å²) in [5.41, 5.74) is 1.72. The van der Waals surface area contributed by atoms with Gasteiger partial charge in [0, 0.05) is 48.9 Å². The fraction of sp³-hybridized carbons (Fsp3) is 0.263. The maximum absolute atomic E-state index is 12.2. The maximum atomic E-state index is 12.2. The second-order valence-electron chi connectivity index (χ2n) is 6.04. The quantitative estimate of drug-likeness (QED) is 0.707. The van der Waals surface area contributed by atoms with Gasteiger partial charge < -0.3 is 14.6 Å². The second-order valence-corrected chi connectivity index (χ2v) is 6.04. The summed E-state index contributed by atoms with van der Waals surface area (Å²) < 4.78 is 7.70. The summed E-state index contributed by atoms with van der Waals surface area (Å²) in [5.74, 6) is 1.02. The van der Waals surface area contributed by atoms with Crippen LogP contribution in [0.1, 0.15) is 30.6 Å². The highest BCUT2D eigenvalue weighted by atomic mass is 16.5. The number of nitrogens with zero attached hydrogens (tertiary/aromatic N) is 4. The molecule has 3 aromatic heterocycles. The van der Waals surface area contributed by atoms with Crippen LogP contribution >= 0.6 is 0 Å². The van der Waals surface area contributed by atoms with E-state index in [1.807, 2.05) is 48.9 Å². The minimum Gasteiger partial charge on any atom is -0.437 e. The molecule has 0 spiro atoms. The van der Waals surface area contributed by atoms with Crippen molar-refractivity contribution in [3.8, 4) is 11.6 Å². The van der Waals surface area contributed by atoms with Gasteiger partial charge in [-0.05, 0) is 32.0 Å². The average Bonchev–Trinajstić information content (AvgIpc) is 3.18. The number of hydrogen-bond acceptors (Lipinski definition) is 5. The predicted octanol–water partition coefficient (Wildman–Crippen LogP) is 3.04. The summed E-state index contributed by atoms with van der Waals surface area (Å²) in [5, 5.41) is 2.92. The van der Waals surface area contributed by atoms with Crippen LogP contribution in [0.4, 0.5) is 0 Å². The van der Waals surface area contributed by atoms with Gasteiger partial charge in [-0.2, -0.15) is 0 Å². The number of nitrogens with one attached hydrogen (secondary N) is 1. The van der Waals surface area contributed by atoms with Crippen molar-refractivity contribution in [2.75, 3.05) is 0 Å². The highest BCUT2D eigenvalue weighted by Crippen LogP contribution is 2.22. The van der Waals surface area contributed by atoms with E-state index in [9.17, 15) is 4.79 Å². The highest BCUT2D eigenvalue weighted by Gasteiger charge is 2.12. The second kappa shape index (κ2) is 8.24. The van der Waals surface area contributed by atoms with Gasteiger partial charge in [-0.1, -0.05) is 6.07 Å². The van der Waals surface area contributed by atoms with Crippen molar-refractivity contribution in [2.24, 2.45) is 0 Å². The van der Waals surface area contributed by atoms with E-state index >= 15 is 0 Å². The maximum Gasteiger partial charge on any atom is 0.224 e. The number of ether oxygens (including phenoxy) is 1. The van der Waals surface area contributed by atoms with Crippen LogP contribution in [-0.2, 0) is 11.3 Å². The molecule has 0 saturated carbocycles. The zero-order chi connectivity index (χ0) is 18.4. The Balaban J connectivity index is 1.59. The number of aromatic nitrogens is 4. The molecule has 3 heterocycles. The lowest BCUT2D eigenvalue weighted by molar-refractivity contribution is -0.121. The molecule has 0 bridgehead atoms. The van der Waals surface area contributed by atoms with E-state index in [2.05, 4.69) is 20.3 Å². The van der Waals surface area contributed by atoms with Gasteiger partial charge in [0.15, 0.2) is 0 Å². The van der Waals surface area contributed by atoms with Crippen molar-refractivity contribution in [2.45, 2.75) is 32.9 Å². The Bertz CT molecular complexity index is 847. The Morgan fingerprint density at radius 3 is 2.88 bits per heavy atom. The number of imidazole rings is 1. The molecular formula is C19H21N5O2. The van der Waals surface area contributed by atoms with Crippen LogP contribution in [0.5, 0.6) is 11.6 Å². The van der Waals surface area contributed by atoms with E-state index in [1.54, 1.807) is 24.9 Å². The predicted molar refractivity (Wildman–Crippen MR) is 96.7 cm³/mol. The monoisotopic (exact) mass is 351 g/mol. The molecule has 7 nitrogen and oxygen atoms in total. The Hall–Kier alpha value is -3.22. The largest absolute Gasteiger partial charge is 0.437 e. The van der Waals surface area contributed by atoms with Crippen LogP contribution in [0.2, 0.25) is 0 Å². The first-order valence-electron chi connectivity index (χ1n) is 8.40. The molecule has 1 unspecified atom stereocenters. The molecule has 0 aromatic carbocycles. The smallest absolute Gasteiger partial charge is 0.224 e. The summed E-state index contributed by atoms with van der Waals surface area (Å²) in [7, 11) is 0. The Labute approximate surface area is 152 Å². The first-order chi connectivity index (χ1) is 12.6. The number of hydrogen-bond donors (Lipinski definition) is 1. The zero-order valence-electron chi connectivity index (χ0n) is 14.8. The lowest BCUT2D eigenvalue weighted by atomic mass is 10.2. The molecule has 0 saturated heterocycles. The first kappa shape index (κ1) is 17.6. The molecule has 0 aliphatic heterocycles. The Kier molecular flexibility index (Phi) is 5.58. The van der Waals surface area contributed by atoms with Crippen molar-refractivity contribution in [1.29, 1.82) is 0 Å². The molecule has 3 aromatic rings. The average molecular weight is 351 g/mol. The van der Waals surface area contributed by atoms with Crippen molar-refractivity contribution < 1.29 is 9.53 Å². The molecule has 0 aliphatic carbocycles. The van der Waals surface area contributed by atoms with Gasteiger partial charge in [0.25, 0.3) is 0 Å². The van der Waals surface area contributed by atoms with Gasteiger partial charge in [0.05, 0.1) is 12.5 Å². The summed E-state index contributed by atoms with van der Waals surface area (Å²) >= 11 is 0. The van der Waals surface area contributed by atoms with E-state index in [4.69, 9.17) is 4.74 Å². The van der Waals surface area contributed by atoms with Gasteiger partial charge in [-0.15, -0.1) is 0 Å². The molecule has 26 heavy (non-hydrogen) atoms. The summed E-state index contributed by atoms with van der Waals surface area (Å²) in [6.07, 6.45) is 8.94. The molecule has 134 valence electrons. The van der Waals surface area contributed by atoms with Crippen LogP contribution in [0.25, 0.3) is 0 Å². The Morgan fingerprint density at radius 2 is 2.15 bits per heavy atom. The molecule has 3 rings (SSSR count). The van der Waals surface area contributed by atoms with E-state index in [1.165, 1.54) is 0 Å². The van der Waals surface area contributed by atoms with Gasteiger partial charge in [0.1, 0.15) is 5.75 Å². The SMILES string of the molecule is Cc1ccc(Oc2ncccc2CNC(=O)CC(C)n2ccnc2)cn1. The number of pyridine rings is 2. The first-order valence-corrected chi connectivity index (χ1v) is 8.40. The zero-order valence-corrected chi connectivity index (χ0v) is 14.8. The summed E-state index contributed by atoms with van der Waals surface area (Å²) in [6.45, 7) is 4.23. The topological polar surface area (TPSA) is 81.9 Å². The van der Waals surface area contributed by atoms with E-state index in [0.717, 1.165) is 11.3 Å². The summed E-state index contributed by atoms with van der Waals surface area (Å²) in [6, 6.07) is 7.45. The van der Waals surface area contributed by atoms with Crippen molar-refractivity contribution in [1.82, 2.24) is 24.8 Å². The van der Waals surface area contributed by atoms with Crippen LogP contribution in [0.3, 0.4) is 0 Å². The lowest BCUT2D eigenvalue weighted by Gasteiger charge is -2.14.